The van der Waals surface area contributed by atoms with Crippen molar-refractivity contribution in [3.63, 3.8) is 0 Å². The highest BCUT2D eigenvalue weighted by Gasteiger charge is 2.52. The normalized spacial score (nSPS) is 44.7. The zero-order chi connectivity index (χ0) is 8.60. The van der Waals surface area contributed by atoms with Crippen molar-refractivity contribution < 1.29 is 4.74 Å². The maximum atomic E-state index is 9.14. The average molecular weight is 165 g/mol. The fourth-order valence-electron chi connectivity index (χ4n) is 2.68. The van der Waals surface area contributed by atoms with Crippen molar-refractivity contribution in [2.75, 3.05) is 0 Å². The van der Waals surface area contributed by atoms with Gasteiger partial charge in [0.1, 0.15) is 0 Å². The van der Waals surface area contributed by atoms with E-state index in [1.807, 2.05) is 0 Å². The second kappa shape index (κ2) is 2.74. The zero-order valence-corrected chi connectivity index (χ0v) is 7.55. The Labute approximate surface area is 73.5 Å². The smallest absolute Gasteiger partial charge is 0.0859 e. The minimum Gasteiger partial charge on any atom is -0.373 e. The van der Waals surface area contributed by atoms with E-state index in [9.17, 15) is 0 Å². The molecule has 2 nitrogen and oxygen atoms in total. The topological polar surface area (TPSA) is 33.0 Å². The maximum Gasteiger partial charge on any atom is 0.0859 e. The molecular weight excluding hydrogens is 150 g/mol. The van der Waals surface area contributed by atoms with Crippen LogP contribution in [0, 0.1) is 16.7 Å². The third kappa shape index (κ3) is 0.964. The van der Waals surface area contributed by atoms with E-state index < -0.39 is 0 Å². The van der Waals surface area contributed by atoms with Crippen molar-refractivity contribution in [3.8, 4) is 6.07 Å². The third-order valence-corrected chi connectivity index (χ3v) is 3.23. The van der Waals surface area contributed by atoms with E-state index in [0.29, 0.717) is 6.10 Å². The van der Waals surface area contributed by atoms with Crippen LogP contribution in [0.3, 0.4) is 0 Å². The summed E-state index contributed by atoms with van der Waals surface area (Å²) in [4.78, 5) is 0. The second-order valence-corrected chi connectivity index (χ2v) is 4.05. The highest BCUT2D eigenvalue weighted by Crippen LogP contribution is 2.49. The van der Waals surface area contributed by atoms with Gasteiger partial charge in [-0.15, -0.1) is 0 Å². The number of hydrogen-bond donors (Lipinski definition) is 0. The molecule has 2 bridgehead atoms. The van der Waals surface area contributed by atoms with Crippen molar-refractivity contribution in [2.24, 2.45) is 5.41 Å². The molecule has 2 heterocycles. The van der Waals surface area contributed by atoms with Crippen LogP contribution in [0.5, 0.6) is 0 Å². The molecule has 66 valence electrons. The molecular formula is C10H15NO. The molecule has 0 aliphatic carbocycles. The van der Waals surface area contributed by atoms with Gasteiger partial charge >= 0.3 is 0 Å². The van der Waals surface area contributed by atoms with Gasteiger partial charge in [0.15, 0.2) is 0 Å². The highest BCUT2D eigenvalue weighted by atomic mass is 16.5. The predicted octanol–water partition coefficient (Wildman–Crippen LogP) is 2.25. The highest BCUT2D eigenvalue weighted by molar-refractivity contribution is 5.11. The van der Waals surface area contributed by atoms with Gasteiger partial charge in [0.05, 0.1) is 23.7 Å². The molecule has 2 heteroatoms. The third-order valence-electron chi connectivity index (χ3n) is 3.23. The van der Waals surface area contributed by atoms with Crippen molar-refractivity contribution >= 4 is 0 Å². The summed E-state index contributed by atoms with van der Waals surface area (Å²) in [5.41, 5.74) is -0.113. The van der Waals surface area contributed by atoms with E-state index in [1.54, 1.807) is 0 Å². The fourth-order valence-corrected chi connectivity index (χ4v) is 2.68. The van der Waals surface area contributed by atoms with Gasteiger partial charge in [0.25, 0.3) is 0 Å². The standard InChI is InChI=1S/C10H15NO/c1-2-5-10(7-11)6-8-3-4-9(10)12-8/h8-9H,2-6H2,1H3. The zero-order valence-electron chi connectivity index (χ0n) is 7.55. The van der Waals surface area contributed by atoms with Gasteiger partial charge in [0, 0.05) is 0 Å². The summed E-state index contributed by atoms with van der Waals surface area (Å²) in [6.07, 6.45) is 6.05. The molecule has 3 unspecified atom stereocenters. The first kappa shape index (κ1) is 8.07. The largest absolute Gasteiger partial charge is 0.373 e. The summed E-state index contributed by atoms with van der Waals surface area (Å²) < 4.78 is 5.71. The Hall–Kier alpha value is -0.550. The second-order valence-electron chi connectivity index (χ2n) is 4.05. The molecule has 2 rings (SSSR count). The van der Waals surface area contributed by atoms with Crippen LogP contribution < -0.4 is 0 Å². The molecule has 12 heavy (non-hydrogen) atoms. The maximum absolute atomic E-state index is 9.14. The molecule has 0 saturated carbocycles. The molecule has 0 spiro atoms. The van der Waals surface area contributed by atoms with E-state index in [1.165, 1.54) is 6.42 Å². The molecule has 0 N–H and O–H groups in total. The van der Waals surface area contributed by atoms with Crippen LogP contribution in [-0.4, -0.2) is 12.2 Å². The number of nitriles is 1. The molecule has 2 aliphatic rings. The van der Waals surface area contributed by atoms with Crippen LogP contribution in [0.1, 0.15) is 39.0 Å². The first-order chi connectivity index (χ1) is 5.80. The van der Waals surface area contributed by atoms with E-state index in [2.05, 4.69) is 13.0 Å². The van der Waals surface area contributed by atoms with Crippen LogP contribution in [-0.2, 0) is 4.74 Å². The molecule has 0 aromatic heterocycles. The molecule has 2 fully saturated rings. The fraction of sp³-hybridized carbons (Fsp3) is 0.900. The number of hydrogen-bond acceptors (Lipinski definition) is 2. The van der Waals surface area contributed by atoms with Crippen LogP contribution in [0.25, 0.3) is 0 Å². The lowest BCUT2D eigenvalue weighted by Gasteiger charge is -2.27. The molecule has 2 saturated heterocycles. The molecule has 0 radical (unpaired) electrons. The van der Waals surface area contributed by atoms with Crippen molar-refractivity contribution in [1.29, 1.82) is 5.26 Å². The van der Waals surface area contributed by atoms with Crippen LogP contribution in [0.4, 0.5) is 0 Å². The van der Waals surface area contributed by atoms with Crippen LogP contribution >= 0.6 is 0 Å². The Morgan fingerprint density at radius 1 is 1.58 bits per heavy atom. The van der Waals surface area contributed by atoms with E-state index in [-0.39, 0.29) is 11.5 Å². The number of ether oxygens (including phenoxy) is 1. The summed E-state index contributed by atoms with van der Waals surface area (Å²) >= 11 is 0. The summed E-state index contributed by atoms with van der Waals surface area (Å²) in [6.45, 7) is 2.14. The van der Waals surface area contributed by atoms with E-state index in [4.69, 9.17) is 10.00 Å². The van der Waals surface area contributed by atoms with Gasteiger partial charge in [0.2, 0.25) is 0 Å². The van der Waals surface area contributed by atoms with Crippen molar-refractivity contribution in [3.05, 3.63) is 0 Å². The first-order valence-corrected chi connectivity index (χ1v) is 4.87. The number of rotatable bonds is 2. The Balaban J connectivity index is 2.15. The summed E-state index contributed by atoms with van der Waals surface area (Å²) in [6, 6.07) is 2.48. The Morgan fingerprint density at radius 3 is 2.83 bits per heavy atom. The summed E-state index contributed by atoms with van der Waals surface area (Å²) in [5.74, 6) is 0. The number of fused-ring (bicyclic) bond motifs is 2. The van der Waals surface area contributed by atoms with Gasteiger partial charge < -0.3 is 4.74 Å². The van der Waals surface area contributed by atoms with E-state index >= 15 is 0 Å². The molecule has 0 amide bonds. The van der Waals surface area contributed by atoms with Crippen molar-refractivity contribution in [2.45, 2.75) is 51.2 Å². The Bertz CT molecular complexity index is 220. The summed E-state index contributed by atoms with van der Waals surface area (Å²) in [7, 11) is 0. The van der Waals surface area contributed by atoms with Gasteiger partial charge in [-0.25, -0.2) is 0 Å². The van der Waals surface area contributed by atoms with Gasteiger partial charge in [-0.1, -0.05) is 13.3 Å². The number of nitrogens with zero attached hydrogens (tertiary/aromatic N) is 1. The van der Waals surface area contributed by atoms with Crippen molar-refractivity contribution in [1.82, 2.24) is 0 Å². The van der Waals surface area contributed by atoms with Crippen LogP contribution in [0.2, 0.25) is 0 Å². The lowest BCUT2D eigenvalue weighted by molar-refractivity contribution is 0.0761. The molecule has 0 aromatic rings. The molecule has 2 aliphatic heterocycles. The van der Waals surface area contributed by atoms with Crippen LogP contribution in [0.15, 0.2) is 0 Å². The quantitative estimate of drug-likeness (QED) is 0.628. The lowest BCUT2D eigenvalue weighted by atomic mass is 9.72. The molecule has 3 atom stereocenters. The summed E-state index contributed by atoms with van der Waals surface area (Å²) in [5, 5.41) is 9.14. The average Bonchev–Trinajstić information content (AvgIpc) is 2.64. The SMILES string of the molecule is CCCC1(C#N)CC2CCC1O2. The van der Waals surface area contributed by atoms with Gasteiger partial charge in [-0.3, -0.25) is 0 Å². The monoisotopic (exact) mass is 165 g/mol. The van der Waals surface area contributed by atoms with E-state index in [0.717, 1.165) is 25.7 Å². The molecule has 0 aromatic carbocycles. The minimum atomic E-state index is -0.113. The lowest BCUT2D eigenvalue weighted by Crippen LogP contribution is -2.30. The Morgan fingerprint density at radius 2 is 2.42 bits per heavy atom. The van der Waals surface area contributed by atoms with Gasteiger partial charge in [-0.05, 0) is 25.7 Å². The Kier molecular flexibility index (Phi) is 1.84. The first-order valence-electron chi connectivity index (χ1n) is 4.87. The van der Waals surface area contributed by atoms with Gasteiger partial charge in [-0.2, -0.15) is 5.26 Å². The predicted molar refractivity (Wildman–Crippen MR) is 45.5 cm³/mol. The minimum absolute atomic E-state index is 0.113.